The number of likely N-dealkylation sites (N-methyl/N-ethyl adjacent to an activating group) is 1. The minimum Gasteiger partial charge on any atom is -0.371 e. The molecule has 4 nitrogen and oxygen atoms in total. The van der Waals surface area contributed by atoms with Crippen LogP contribution in [0.5, 0.6) is 0 Å². The third kappa shape index (κ3) is 1.54. The zero-order chi connectivity index (χ0) is 9.26. The van der Waals surface area contributed by atoms with E-state index in [1.807, 2.05) is 7.05 Å². The van der Waals surface area contributed by atoms with E-state index in [1.165, 1.54) is 11.3 Å². The molecule has 0 saturated carbocycles. The van der Waals surface area contributed by atoms with Crippen molar-refractivity contribution in [2.24, 2.45) is 0 Å². The van der Waals surface area contributed by atoms with Crippen LogP contribution in [-0.4, -0.2) is 42.3 Å². The molecule has 13 heavy (non-hydrogen) atoms. The van der Waals surface area contributed by atoms with Crippen molar-refractivity contribution in [1.82, 2.24) is 15.1 Å². The second-order valence-corrected chi connectivity index (χ2v) is 3.58. The smallest absolute Gasteiger partial charge is 0.151 e. The standard InChI is InChI=1S/C9H16N4/c1-10-9-7-3-5-13(2)6-4-8(7)11-12-9/h3-6H2,1-2H3,(H2,10,11,12). The normalized spacial score (nSPS) is 18.0. The summed E-state index contributed by atoms with van der Waals surface area (Å²) in [5, 5.41) is 10.4. The molecule has 0 saturated heterocycles. The van der Waals surface area contributed by atoms with Gasteiger partial charge in [-0.2, -0.15) is 5.10 Å². The molecule has 0 aromatic carbocycles. The summed E-state index contributed by atoms with van der Waals surface area (Å²) in [6.45, 7) is 2.25. The van der Waals surface area contributed by atoms with E-state index in [2.05, 4.69) is 27.5 Å². The number of hydrogen-bond donors (Lipinski definition) is 2. The first-order valence-corrected chi connectivity index (χ1v) is 4.73. The predicted octanol–water partition coefficient (Wildman–Crippen LogP) is 0.482. The van der Waals surface area contributed by atoms with Crippen LogP contribution in [0.4, 0.5) is 5.82 Å². The molecular formula is C9H16N4. The summed E-state index contributed by atoms with van der Waals surface area (Å²) < 4.78 is 0. The molecule has 1 aliphatic heterocycles. The number of anilines is 1. The largest absolute Gasteiger partial charge is 0.371 e. The molecule has 2 rings (SSSR count). The fourth-order valence-corrected chi connectivity index (χ4v) is 1.80. The monoisotopic (exact) mass is 180 g/mol. The van der Waals surface area contributed by atoms with Gasteiger partial charge in [0.25, 0.3) is 0 Å². The van der Waals surface area contributed by atoms with Crippen molar-refractivity contribution in [3.63, 3.8) is 0 Å². The molecule has 1 aromatic rings. The Bertz CT molecular complexity index is 292. The van der Waals surface area contributed by atoms with E-state index < -0.39 is 0 Å². The van der Waals surface area contributed by atoms with Gasteiger partial charge < -0.3 is 10.2 Å². The Labute approximate surface area is 78.3 Å². The van der Waals surface area contributed by atoms with Gasteiger partial charge in [-0.3, -0.25) is 5.10 Å². The average Bonchev–Trinajstić information content (AvgIpc) is 2.45. The molecule has 72 valence electrons. The second kappa shape index (κ2) is 3.38. The minimum atomic E-state index is 1.02. The third-order valence-electron chi connectivity index (χ3n) is 2.68. The van der Waals surface area contributed by atoms with Gasteiger partial charge in [-0.25, -0.2) is 0 Å². The average molecular weight is 180 g/mol. The minimum absolute atomic E-state index is 1.02. The maximum atomic E-state index is 4.23. The molecular weight excluding hydrogens is 164 g/mol. The zero-order valence-electron chi connectivity index (χ0n) is 8.22. The molecule has 0 unspecified atom stereocenters. The van der Waals surface area contributed by atoms with Gasteiger partial charge in [-0.1, -0.05) is 0 Å². The van der Waals surface area contributed by atoms with Crippen LogP contribution in [0, 0.1) is 0 Å². The Morgan fingerprint density at radius 2 is 2.15 bits per heavy atom. The quantitative estimate of drug-likeness (QED) is 0.660. The van der Waals surface area contributed by atoms with Crippen molar-refractivity contribution in [2.75, 3.05) is 32.5 Å². The van der Waals surface area contributed by atoms with E-state index in [4.69, 9.17) is 0 Å². The molecule has 0 spiro atoms. The first kappa shape index (κ1) is 8.56. The molecule has 2 N–H and O–H groups in total. The van der Waals surface area contributed by atoms with Crippen LogP contribution >= 0.6 is 0 Å². The Morgan fingerprint density at radius 3 is 2.92 bits per heavy atom. The highest BCUT2D eigenvalue weighted by atomic mass is 15.2. The number of aromatic nitrogens is 2. The Hall–Kier alpha value is -1.03. The van der Waals surface area contributed by atoms with Crippen molar-refractivity contribution in [1.29, 1.82) is 0 Å². The molecule has 0 fully saturated rings. The van der Waals surface area contributed by atoms with Gasteiger partial charge in [0.2, 0.25) is 0 Å². The molecule has 1 aliphatic rings. The van der Waals surface area contributed by atoms with Gasteiger partial charge >= 0.3 is 0 Å². The van der Waals surface area contributed by atoms with Gasteiger partial charge in [0, 0.05) is 37.8 Å². The number of H-pyrrole nitrogens is 1. The number of nitrogens with zero attached hydrogens (tertiary/aromatic N) is 2. The summed E-state index contributed by atoms with van der Waals surface area (Å²) in [4.78, 5) is 2.35. The lowest BCUT2D eigenvalue weighted by molar-refractivity contribution is 0.351. The van der Waals surface area contributed by atoms with E-state index in [0.717, 1.165) is 31.7 Å². The number of rotatable bonds is 1. The van der Waals surface area contributed by atoms with E-state index in [-0.39, 0.29) is 0 Å². The van der Waals surface area contributed by atoms with Crippen LogP contribution < -0.4 is 5.32 Å². The molecule has 2 heterocycles. The van der Waals surface area contributed by atoms with E-state index in [1.54, 1.807) is 0 Å². The predicted molar refractivity (Wildman–Crippen MR) is 53.0 cm³/mol. The van der Waals surface area contributed by atoms with Crippen molar-refractivity contribution >= 4 is 5.82 Å². The van der Waals surface area contributed by atoms with Gasteiger partial charge in [-0.05, 0) is 13.5 Å². The van der Waals surface area contributed by atoms with E-state index in [0.29, 0.717) is 0 Å². The molecule has 4 heteroatoms. The number of aromatic amines is 1. The summed E-state index contributed by atoms with van der Waals surface area (Å²) in [6.07, 6.45) is 2.18. The Kier molecular flexibility index (Phi) is 2.22. The molecule has 1 aromatic heterocycles. The van der Waals surface area contributed by atoms with Crippen LogP contribution in [0.1, 0.15) is 11.3 Å². The highest BCUT2D eigenvalue weighted by Gasteiger charge is 2.16. The van der Waals surface area contributed by atoms with Crippen LogP contribution in [0.2, 0.25) is 0 Å². The number of nitrogens with one attached hydrogen (secondary N) is 2. The molecule has 0 radical (unpaired) electrons. The Morgan fingerprint density at radius 1 is 1.38 bits per heavy atom. The maximum absolute atomic E-state index is 4.23. The van der Waals surface area contributed by atoms with Crippen molar-refractivity contribution < 1.29 is 0 Å². The van der Waals surface area contributed by atoms with Gasteiger partial charge in [0.05, 0.1) is 0 Å². The fourth-order valence-electron chi connectivity index (χ4n) is 1.80. The Balaban J connectivity index is 2.26. The molecule has 0 atom stereocenters. The van der Waals surface area contributed by atoms with Crippen molar-refractivity contribution in [2.45, 2.75) is 12.8 Å². The van der Waals surface area contributed by atoms with Crippen molar-refractivity contribution in [3.8, 4) is 0 Å². The summed E-state index contributed by atoms with van der Waals surface area (Å²) in [7, 11) is 4.09. The van der Waals surface area contributed by atoms with Crippen molar-refractivity contribution in [3.05, 3.63) is 11.3 Å². The highest BCUT2D eigenvalue weighted by Crippen LogP contribution is 2.19. The zero-order valence-corrected chi connectivity index (χ0v) is 8.22. The summed E-state index contributed by atoms with van der Waals surface area (Å²) in [5.74, 6) is 1.02. The molecule has 0 aliphatic carbocycles. The first-order chi connectivity index (χ1) is 6.31. The van der Waals surface area contributed by atoms with E-state index >= 15 is 0 Å². The van der Waals surface area contributed by atoms with Gasteiger partial charge in [-0.15, -0.1) is 0 Å². The summed E-state index contributed by atoms with van der Waals surface area (Å²) >= 11 is 0. The highest BCUT2D eigenvalue weighted by molar-refractivity contribution is 5.46. The second-order valence-electron chi connectivity index (χ2n) is 3.58. The first-order valence-electron chi connectivity index (χ1n) is 4.73. The third-order valence-corrected chi connectivity index (χ3v) is 2.68. The lowest BCUT2D eigenvalue weighted by atomic mass is 10.1. The molecule has 0 amide bonds. The molecule has 0 bridgehead atoms. The SMILES string of the molecule is CNc1n[nH]c2c1CCN(C)CC2. The van der Waals surface area contributed by atoms with Crippen LogP contribution in [0.15, 0.2) is 0 Å². The lowest BCUT2D eigenvalue weighted by Crippen LogP contribution is -2.21. The number of fused-ring (bicyclic) bond motifs is 1. The van der Waals surface area contributed by atoms with Crippen LogP contribution in [-0.2, 0) is 12.8 Å². The van der Waals surface area contributed by atoms with Crippen LogP contribution in [0.25, 0.3) is 0 Å². The fraction of sp³-hybridized carbons (Fsp3) is 0.667. The van der Waals surface area contributed by atoms with Gasteiger partial charge in [0.15, 0.2) is 5.82 Å². The summed E-state index contributed by atoms with van der Waals surface area (Å²) in [6, 6.07) is 0. The van der Waals surface area contributed by atoms with Gasteiger partial charge in [0.1, 0.15) is 0 Å². The van der Waals surface area contributed by atoms with Crippen LogP contribution in [0.3, 0.4) is 0 Å². The summed E-state index contributed by atoms with van der Waals surface area (Å²) in [5.41, 5.74) is 2.67. The van der Waals surface area contributed by atoms with E-state index in [9.17, 15) is 0 Å². The number of hydrogen-bond acceptors (Lipinski definition) is 3. The maximum Gasteiger partial charge on any atom is 0.151 e. The topological polar surface area (TPSA) is 44.0 Å². The lowest BCUT2D eigenvalue weighted by Gasteiger charge is -2.11.